The van der Waals surface area contributed by atoms with Gasteiger partial charge in [-0.15, -0.1) is 23.1 Å². The molecule has 0 bridgehead atoms. The van der Waals surface area contributed by atoms with Crippen LogP contribution in [0.1, 0.15) is 16.1 Å². The maximum atomic E-state index is 12.4. The summed E-state index contributed by atoms with van der Waals surface area (Å²) in [5, 5.41) is 9.48. The number of hydrogen-bond acceptors (Lipinski definition) is 8. The second-order valence-electron chi connectivity index (χ2n) is 5.96. The first-order valence-electron chi connectivity index (χ1n) is 8.51. The van der Waals surface area contributed by atoms with Crippen LogP contribution in [-0.2, 0) is 25.3 Å². The van der Waals surface area contributed by atoms with Gasteiger partial charge in [0.2, 0.25) is 10.0 Å². The van der Waals surface area contributed by atoms with Crippen LogP contribution in [-0.4, -0.2) is 31.9 Å². The Morgan fingerprint density at radius 1 is 1.17 bits per heavy atom. The first-order valence-corrected chi connectivity index (χ1v) is 12.0. The Bertz CT molecular complexity index is 1150. The number of amides is 1. The number of nitrogens with zero attached hydrogens (tertiary/aromatic N) is 1. The monoisotopic (exact) mass is 463 g/mol. The number of thiazole rings is 1. The van der Waals surface area contributed by atoms with Gasteiger partial charge in [0, 0.05) is 21.7 Å². The van der Waals surface area contributed by atoms with Crippen molar-refractivity contribution in [3.63, 3.8) is 0 Å². The molecule has 0 atom stereocenters. The average Bonchev–Trinajstić information content (AvgIpc) is 3.24. The highest BCUT2D eigenvalue weighted by molar-refractivity contribution is 7.98. The number of nitrogens with two attached hydrogens (primary N) is 1. The first kappa shape index (κ1) is 22.0. The van der Waals surface area contributed by atoms with Crippen molar-refractivity contribution in [2.45, 2.75) is 15.5 Å². The fourth-order valence-corrected chi connectivity index (χ4v) is 4.54. The summed E-state index contributed by atoms with van der Waals surface area (Å²) in [7, 11) is -3.89. The number of carbonyl (C=O) groups is 2. The Labute approximate surface area is 181 Å². The molecule has 11 heteroatoms. The number of aromatic nitrogens is 1. The molecular weight excluding hydrogens is 446 g/mol. The third-order valence-corrected chi connectivity index (χ3v) is 6.40. The lowest BCUT2D eigenvalue weighted by Crippen LogP contribution is -2.21. The summed E-state index contributed by atoms with van der Waals surface area (Å²) in [5.74, 6) is -0.637. The van der Waals surface area contributed by atoms with Gasteiger partial charge in [-0.2, -0.15) is 0 Å². The third kappa shape index (κ3) is 6.13. The highest BCUT2D eigenvalue weighted by atomic mass is 32.2. The van der Waals surface area contributed by atoms with Crippen molar-refractivity contribution in [2.75, 3.05) is 11.9 Å². The summed E-state index contributed by atoms with van der Waals surface area (Å²) < 4.78 is 27.9. The maximum Gasteiger partial charge on any atom is 0.339 e. The zero-order chi connectivity index (χ0) is 21.6. The van der Waals surface area contributed by atoms with E-state index in [1.54, 1.807) is 23.7 Å². The summed E-state index contributed by atoms with van der Waals surface area (Å²) in [6, 6.07) is 12.4. The van der Waals surface area contributed by atoms with E-state index in [1.165, 1.54) is 47.4 Å². The second-order valence-corrected chi connectivity index (χ2v) is 9.26. The Hall–Kier alpha value is -2.73. The third-order valence-electron chi connectivity index (χ3n) is 3.75. The van der Waals surface area contributed by atoms with Gasteiger partial charge in [-0.1, -0.05) is 18.2 Å². The van der Waals surface area contributed by atoms with E-state index in [1.807, 2.05) is 11.4 Å². The molecule has 0 saturated heterocycles. The van der Waals surface area contributed by atoms with E-state index in [0.29, 0.717) is 11.3 Å². The van der Waals surface area contributed by atoms with Crippen LogP contribution in [0.3, 0.4) is 0 Å². The Morgan fingerprint density at radius 2 is 1.97 bits per heavy atom. The van der Waals surface area contributed by atoms with Crippen molar-refractivity contribution in [3.05, 3.63) is 70.7 Å². The summed E-state index contributed by atoms with van der Waals surface area (Å²) >= 11 is 2.95. The van der Waals surface area contributed by atoms with Crippen LogP contribution in [0.2, 0.25) is 0 Å². The van der Waals surface area contributed by atoms with Crippen LogP contribution >= 0.6 is 23.1 Å². The highest BCUT2D eigenvalue weighted by Gasteiger charge is 2.16. The van der Waals surface area contributed by atoms with Gasteiger partial charge in [0.15, 0.2) is 6.61 Å². The molecule has 156 valence electrons. The second kappa shape index (κ2) is 9.85. The van der Waals surface area contributed by atoms with Crippen LogP contribution in [0.15, 0.2) is 69.2 Å². The molecule has 0 aliphatic rings. The van der Waals surface area contributed by atoms with Crippen LogP contribution < -0.4 is 10.5 Å². The maximum absolute atomic E-state index is 12.4. The van der Waals surface area contributed by atoms with E-state index in [2.05, 4.69) is 10.3 Å². The molecule has 3 rings (SSSR count). The number of carbonyl (C=O) groups excluding carboxylic acids is 2. The highest BCUT2D eigenvalue weighted by Crippen LogP contribution is 2.26. The van der Waals surface area contributed by atoms with E-state index in [4.69, 9.17) is 9.88 Å². The van der Waals surface area contributed by atoms with Crippen molar-refractivity contribution >= 4 is 50.7 Å². The van der Waals surface area contributed by atoms with Crippen LogP contribution in [0.25, 0.3) is 0 Å². The molecule has 1 aromatic heterocycles. The number of sulfonamides is 1. The van der Waals surface area contributed by atoms with Gasteiger partial charge in [-0.25, -0.2) is 23.3 Å². The molecule has 3 aromatic rings. The molecule has 30 heavy (non-hydrogen) atoms. The molecule has 0 radical (unpaired) electrons. The predicted octanol–water partition coefficient (Wildman–Crippen LogP) is 2.88. The van der Waals surface area contributed by atoms with Gasteiger partial charge in [-0.3, -0.25) is 4.79 Å². The normalized spacial score (nSPS) is 11.1. The number of anilines is 1. The molecular formula is C19H17N3O5S3. The van der Waals surface area contributed by atoms with Gasteiger partial charge < -0.3 is 10.1 Å². The molecule has 1 heterocycles. The minimum atomic E-state index is -3.89. The molecule has 0 spiro atoms. The topological polar surface area (TPSA) is 128 Å². The quantitative estimate of drug-likeness (QED) is 0.388. The van der Waals surface area contributed by atoms with Gasteiger partial charge in [0.1, 0.15) is 0 Å². The van der Waals surface area contributed by atoms with E-state index < -0.39 is 28.5 Å². The zero-order valence-electron chi connectivity index (χ0n) is 15.5. The van der Waals surface area contributed by atoms with Gasteiger partial charge in [-0.05, 0) is 30.3 Å². The van der Waals surface area contributed by atoms with Crippen molar-refractivity contribution in [3.8, 4) is 0 Å². The Balaban J connectivity index is 1.58. The molecule has 0 aliphatic carbocycles. The van der Waals surface area contributed by atoms with Crippen LogP contribution in [0.5, 0.6) is 0 Å². The molecule has 0 aliphatic heterocycles. The zero-order valence-corrected chi connectivity index (χ0v) is 17.9. The fraction of sp³-hybridized carbons (Fsp3) is 0.105. The number of benzene rings is 2. The Kier molecular flexibility index (Phi) is 7.21. The smallest absolute Gasteiger partial charge is 0.339 e. The fourth-order valence-electron chi connectivity index (χ4n) is 2.38. The lowest BCUT2D eigenvalue weighted by molar-refractivity contribution is -0.119. The molecule has 8 nitrogen and oxygen atoms in total. The van der Waals surface area contributed by atoms with Crippen molar-refractivity contribution in [2.24, 2.45) is 5.14 Å². The molecule has 1 amide bonds. The van der Waals surface area contributed by atoms with E-state index >= 15 is 0 Å². The number of esters is 1. The van der Waals surface area contributed by atoms with Gasteiger partial charge in [0.05, 0.1) is 21.7 Å². The SMILES string of the molecule is NS(=O)(=O)c1cccc(NC(=O)COC(=O)c2ccccc2SCc2cscn2)c1. The standard InChI is InChI=1S/C19H17N3O5S3/c20-30(25,26)15-5-3-4-13(8-15)22-18(23)9-27-19(24)16-6-1-2-7-17(16)29-11-14-10-28-12-21-14/h1-8,10,12H,9,11H2,(H,22,23)(H2,20,25,26). The van der Waals surface area contributed by atoms with Crippen molar-refractivity contribution < 1.29 is 22.7 Å². The van der Waals surface area contributed by atoms with E-state index in [0.717, 1.165) is 10.6 Å². The largest absolute Gasteiger partial charge is 0.452 e. The summed E-state index contributed by atoms with van der Waals surface area (Å²) in [6.07, 6.45) is 0. The number of rotatable bonds is 8. The first-order chi connectivity index (χ1) is 14.3. The van der Waals surface area contributed by atoms with Crippen molar-refractivity contribution in [1.29, 1.82) is 0 Å². The van der Waals surface area contributed by atoms with Crippen molar-refractivity contribution in [1.82, 2.24) is 4.98 Å². The Morgan fingerprint density at radius 3 is 2.70 bits per heavy atom. The molecule has 2 aromatic carbocycles. The number of nitrogens with one attached hydrogen (secondary N) is 1. The molecule has 0 unspecified atom stereocenters. The number of thioether (sulfide) groups is 1. The van der Waals surface area contributed by atoms with Crippen LogP contribution in [0, 0.1) is 0 Å². The summed E-state index contributed by atoms with van der Waals surface area (Å²) in [6.45, 7) is -0.524. The predicted molar refractivity (Wildman–Crippen MR) is 115 cm³/mol. The summed E-state index contributed by atoms with van der Waals surface area (Å²) in [4.78, 5) is 29.3. The average molecular weight is 464 g/mol. The molecule has 0 fully saturated rings. The van der Waals surface area contributed by atoms with Crippen LogP contribution in [0.4, 0.5) is 5.69 Å². The number of ether oxygens (including phenoxy) is 1. The lowest BCUT2D eigenvalue weighted by Gasteiger charge is -2.10. The van der Waals surface area contributed by atoms with Gasteiger partial charge >= 0.3 is 5.97 Å². The lowest BCUT2D eigenvalue weighted by atomic mass is 10.2. The molecule has 0 saturated carbocycles. The number of hydrogen-bond donors (Lipinski definition) is 2. The molecule has 3 N–H and O–H groups in total. The van der Waals surface area contributed by atoms with E-state index in [9.17, 15) is 18.0 Å². The number of primary sulfonamides is 1. The van der Waals surface area contributed by atoms with E-state index in [-0.39, 0.29) is 10.6 Å². The minimum absolute atomic E-state index is 0.136. The minimum Gasteiger partial charge on any atom is -0.452 e. The summed E-state index contributed by atoms with van der Waals surface area (Å²) in [5.41, 5.74) is 3.23. The van der Waals surface area contributed by atoms with Gasteiger partial charge in [0.25, 0.3) is 5.91 Å².